The van der Waals surface area contributed by atoms with Gasteiger partial charge in [-0.15, -0.1) is 0 Å². The highest BCUT2D eigenvalue weighted by molar-refractivity contribution is 5.79. The van der Waals surface area contributed by atoms with Crippen LogP contribution < -0.4 is 0 Å². The van der Waals surface area contributed by atoms with E-state index in [0.717, 1.165) is 17.8 Å². The zero-order valence-electron chi connectivity index (χ0n) is 10.2. The smallest absolute Gasteiger partial charge is 0.0529 e. The highest BCUT2D eigenvalue weighted by atomic mass is 14.8. The topological polar surface area (TPSA) is 12.4 Å². The van der Waals surface area contributed by atoms with Crippen molar-refractivity contribution >= 4 is 5.71 Å². The van der Waals surface area contributed by atoms with E-state index in [2.05, 4.69) is 34.6 Å². The maximum Gasteiger partial charge on any atom is 0.0529 e. The lowest BCUT2D eigenvalue weighted by molar-refractivity contribution is -0.108. The second-order valence-electron chi connectivity index (χ2n) is 6.10. The van der Waals surface area contributed by atoms with E-state index in [9.17, 15) is 0 Å². The molecule has 0 heterocycles. The molecule has 0 amide bonds. The van der Waals surface area contributed by atoms with Gasteiger partial charge >= 0.3 is 0 Å². The second kappa shape index (κ2) is 3.08. The van der Waals surface area contributed by atoms with Crippen LogP contribution in [0.3, 0.4) is 0 Å². The summed E-state index contributed by atoms with van der Waals surface area (Å²) >= 11 is 0. The third-order valence-electron chi connectivity index (χ3n) is 4.74. The summed E-state index contributed by atoms with van der Waals surface area (Å²) in [4.78, 5) is 4.78. The van der Waals surface area contributed by atoms with E-state index in [0.29, 0.717) is 11.5 Å². The summed E-state index contributed by atoms with van der Waals surface area (Å²) in [6.45, 7) is 11.5. The average Bonchev–Trinajstić information content (AvgIpc) is 2.06. The molecule has 3 aliphatic rings. The van der Waals surface area contributed by atoms with Crippen molar-refractivity contribution in [3.63, 3.8) is 0 Å². The molecule has 3 saturated carbocycles. The quantitative estimate of drug-likeness (QED) is 0.565. The SMILES string of the molecule is CC(C)=NC1CC2CC([C@H]1C)C2(C)C. The molecule has 0 aromatic heterocycles. The standard InChI is InChI=1S/C13H23N/c1-8(2)14-12-7-10-6-11(9(12)3)13(10,4)5/h9-12H,6-7H2,1-5H3/t9-,10?,11?,12?/m1/s1. The number of hydrogen-bond acceptors (Lipinski definition) is 1. The van der Waals surface area contributed by atoms with E-state index in [1.165, 1.54) is 18.6 Å². The summed E-state index contributed by atoms with van der Waals surface area (Å²) in [6, 6.07) is 0.622. The number of nitrogens with zero attached hydrogens (tertiary/aromatic N) is 1. The summed E-state index contributed by atoms with van der Waals surface area (Å²) in [5.41, 5.74) is 1.86. The molecule has 0 aromatic rings. The summed E-state index contributed by atoms with van der Waals surface area (Å²) in [5, 5.41) is 0. The molecule has 3 rings (SSSR count). The molecule has 80 valence electrons. The molecule has 4 atom stereocenters. The lowest BCUT2D eigenvalue weighted by atomic mass is 9.45. The Morgan fingerprint density at radius 1 is 1.21 bits per heavy atom. The van der Waals surface area contributed by atoms with Crippen LogP contribution in [0.4, 0.5) is 0 Å². The van der Waals surface area contributed by atoms with Gasteiger partial charge in [0.05, 0.1) is 6.04 Å². The molecule has 2 bridgehead atoms. The molecular weight excluding hydrogens is 170 g/mol. The molecule has 0 spiro atoms. The molecule has 0 aromatic carbocycles. The van der Waals surface area contributed by atoms with Crippen LogP contribution in [-0.2, 0) is 0 Å². The van der Waals surface area contributed by atoms with E-state index in [1.54, 1.807) is 0 Å². The summed E-state index contributed by atoms with van der Waals surface area (Å²) in [6.07, 6.45) is 2.79. The van der Waals surface area contributed by atoms with Gasteiger partial charge in [0.1, 0.15) is 0 Å². The highest BCUT2D eigenvalue weighted by Gasteiger charge is 2.56. The van der Waals surface area contributed by atoms with Crippen LogP contribution in [0.25, 0.3) is 0 Å². The minimum atomic E-state index is 0.604. The van der Waals surface area contributed by atoms with Crippen LogP contribution >= 0.6 is 0 Å². The number of fused-ring (bicyclic) bond motifs is 2. The minimum Gasteiger partial charge on any atom is -0.291 e. The molecule has 0 radical (unpaired) electrons. The van der Waals surface area contributed by atoms with Crippen LogP contribution in [0.15, 0.2) is 4.99 Å². The molecule has 0 aliphatic heterocycles. The van der Waals surface area contributed by atoms with E-state index in [1.807, 2.05) is 0 Å². The predicted molar refractivity (Wildman–Crippen MR) is 61.7 cm³/mol. The van der Waals surface area contributed by atoms with Crippen molar-refractivity contribution in [2.75, 3.05) is 0 Å². The Bertz CT molecular complexity index is 260. The second-order valence-corrected chi connectivity index (χ2v) is 6.10. The van der Waals surface area contributed by atoms with E-state index in [4.69, 9.17) is 4.99 Å². The van der Waals surface area contributed by atoms with Gasteiger partial charge in [0.25, 0.3) is 0 Å². The van der Waals surface area contributed by atoms with Crippen LogP contribution in [0.1, 0.15) is 47.5 Å². The Balaban J connectivity index is 2.12. The monoisotopic (exact) mass is 193 g/mol. The normalized spacial score (nSPS) is 44.1. The van der Waals surface area contributed by atoms with E-state index < -0.39 is 0 Å². The van der Waals surface area contributed by atoms with Gasteiger partial charge in [0.2, 0.25) is 0 Å². The van der Waals surface area contributed by atoms with E-state index >= 15 is 0 Å². The highest BCUT2D eigenvalue weighted by Crippen LogP contribution is 2.61. The third kappa shape index (κ3) is 1.32. The molecule has 14 heavy (non-hydrogen) atoms. The first-order valence-corrected chi connectivity index (χ1v) is 5.94. The van der Waals surface area contributed by atoms with Crippen molar-refractivity contribution in [1.29, 1.82) is 0 Å². The van der Waals surface area contributed by atoms with Gasteiger partial charge in [0.15, 0.2) is 0 Å². The van der Waals surface area contributed by atoms with Gasteiger partial charge in [-0.05, 0) is 49.9 Å². The van der Waals surface area contributed by atoms with Crippen molar-refractivity contribution in [3.8, 4) is 0 Å². The van der Waals surface area contributed by atoms with Crippen molar-refractivity contribution in [3.05, 3.63) is 0 Å². The van der Waals surface area contributed by atoms with Gasteiger partial charge in [-0.2, -0.15) is 0 Å². The van der Waals surface area contributed by atoms with E-state index in [-0.39, 0.29) is 0 Å². The largest absolute Gasteiger partial charge is 0.291 e. The zero-order chi connectivity index (χ0) is 10.5. The molecular formula is C13H23N. The Morgan fingerprint density at radius 3 is 2.29 bits per heavy atom. The van der Waals surface area contributed by atoms with Gasteiger partial charge in [-0.1, -0.05) is 20.8 Å². The van der Waals surface area contributed by atoms with Gasteiger partial charge in [-0.25, -0.2) is 0 Å². The Hall–Kier alpha value is -0.330. The Kier molecular flexibility index (Phi) is 2.24. The van der Waals surface area contributed by atoms with Crippen molar-refractivity contribution in [2.24, 2.45) is 28.2 Å². The molecule has 3 fully saturated rings. The van der Waals surface area contributed by atoms with Gasteiger partial charge in [0, 0.05) is 5.71 Å². The zero-order valence-corrected chi connectivity index (χ0v) is 10.2. The predicted octanol–water partition coefficient (Wildman–Crippen LogP) is 3.54. The fourth-order valence-corrected chi connectivity index (χ4v) is 3.62. The molecule has 3 unspecified atom stereocenters. The van der Waals surface area contributed by atoms with Crippen LogP contribution in [0.2, 0.25) is 0 Å². The first-order valence-electron chi connectivity index (χ1n) is 5.94. The summed E-state index contributed by atoms with van der Waals surface area (Å²) in [7, 11) is 0. The molecule has 1 nitrogen and oxygen atoms in total. The number of aliphatic imine (C=N–C) groups is 1. The number of rotatable bonds is 1. The average molecular weight is 193 g/mol. The Labute approximate surface area is 88.0 Å². The van der Waals surface area contributed by atoms with Crippen LogP contribution in [0.5, 0.6) is 0 Å². The maximum absolute atomic E-state index is 4.78. The van der Waals surface area contributed by atoms with Crippen LogP contribution in [-0.4, -0.2) is 11.8 Å². The number of hydrogen-bond donors (Lipinski definition) is 0. The summed E-state index contributed by atoms with van der Waals surface area (Å²) in [5.74, 6) is 2.66. The van der Waals surface area contributed by atoms with Crippen molar-refractivity contribution in [1.82, 2.24) is 0 Å². The maximum atomic E-state index is 4.78. The fourth-order valence-electron chi connectivity index (χ4n) is 3.62. The summed E-state index contributed by atoms with van der Waals surface area (Å²) < 4.78 is 0. The first kappa shape index (κ1) is 10.2. The molecule has 0 saturated heterocycles. The fraction of sp³-hybridized carbons (Fsp3) is 0.923. The third-order valence-corrected chi connectivity index (χ3v) is 4.74. The van der Waals surface area contributed by atoms with Crippen molar-refractivity contribution in [2.45, 2.75) is 53.5 Å². The lowest BCUT2D eigenvalue weighted by Crippen LogP contribution is -2.56. The van der Waals surface area contributed by atoms with Crippen molar-refractivity contribution < 1.29 is 0 Å². The van der Waals surface area contributed by atoms with Gasteiger partial charge < -0.3 is 0 Å². The van der Waals surface area contributed by atoms with Gasteiger partial charge in [-0.3, -0.25) is 4.99 Å². The van der Waals surface area contributed by atoms with Crippen LogP contribution in [0, 0.1) is 23.2 Å². The Morgan fingerprint density at radius 2 is 1.86 bits per heavy atom. The minimum absolute atomic E-state index is 0.604. The first-order chi connectivity index (χ1) is 6.43. The molecule has 1 heteroatoms. The lowest BCUT2D eigenvalue weighted by Gasteiger charge is -2.61. The molecule has 0 N–H and O–H groups in total. The molecule has 3 aliphatic carbocycles.